The molecule has 0 heterocycles. The van der Waals surface area contributed by atoms with E-state index >= 15 is 0 Å². The first-order valence-corrected chi connectivity index (χ1v) is 7.73. The fraction of sp³-hybridized carbons (Fsp3) is 0.235. The van der Waals surface area contributed by atoms with E-state index in [-0.39, 0.29) is 17.3 Å². The monoisotopic (exact) mass is 347 g/mol. The van der Waals surface area contributed by atoms with Crippen LogP contribution in [0.2, 0.25) is 0 Å². The van der Waals surface area contributed by atoms with Crippen LogP contribution in [0.15, 0.2) is 53.0 Å². The minimum absolute atomic E-state index is 0.176. The van der Waals surface area contributed by atoms with E-state index in [1.807, 2.05) is 30.3 Å². The molecule has 1 aliphatic carbocycles. The van der Waals surface area contributed by atoms with Gasteiger partial charge < -0.3 is 5.32 Å². The highest BCUT2D eigenvalue weighted by Gasteiger charge is 2.40. The van der Waals surface area contributed by atoms with Crippen molar-refractivity contribution in [2.75, 3.05) is 0 Å². The van der Waals surface area contributed by atoms with Crippen LogP contribution >= 0.6 is 15.9 Å². The average Bonchev–Trinajstić information content (AvgIpc) is 2.43. The van der Waals surface area contributed by atoms with Crippen molar-refractivity contribution in [3.05, 3.63) is 69.9 Å². The topological polar surface area (TPSA) is 29.1 Å². The maximum Gasteiger partial charge on any atom is 0.253 e. The van der Waals surface area contributed by atoms with Crippen LogP contribution in [-0.4, -0.2) is 5.91 Å². The lowest BCUT2D eigenvalue weighted by Crippen LogP contribution is -2.50. The Kier molecular flexibility index (Phi) is 3.81. The maximum atomic E-state index is 13.1. The third-order valence-electron chi connectivity index (χ3n) is 4.06. The van der Waals surface area contributed by atoms with E-state index in [2.05, 4.69) is 21.2 Å². The van der Waals surface area contributed by atoms with Gasteiger partial charge in [0.05, 0.1) is 11.1 Å². The van der Waals surface area contributed by atoms with E-state index in [4.69, 9.17) is 0 Å². The van der Waals surface area contributed by atoms with Gasteiger partial charge in [-0.2, -0.15) is 0 Å². The number of amides is 1. The Morgan fingerprint density at radius 3 is 2.43 bits per heavy atom. The first-order valence-electron chi connectivity index (χ1n) is 6.94. The van der Waals surface area contributed by atoms with Crippen molar-refractivity contribution in [3.8, 4) is 0 Å². The molecule has 1 saturated carbocycles. The molecule has 2 nitrogen and oxygen atoms in total. The standard InChI is InChI=1S/C17H15BrFNO/c18-15-11-13(19)7-8-14(15)16(21)20-17(9-4-10-17)12-5-2-1-3-6-12/h1-3,5-8,11H,4,9-10H2,(H,20,21). The fourth-order valence-electron chi connectivity index (χ4n) is 2.73. The van der Waals surface area contributed by atoms with Gasteiger partial charge in [-0.3, -0.25) is 4.79 Å². The Balaban J connectivity index is 1.86. The molecule has 0 bridgehead atoms. The molecule has 0 spiro atoms. The molecule has 0 aliphatic heterocycles. The molecular formula is C17H15BrFNO. The number of benzene rings is 2. The number of carbonyl (C=O) groups excluding carboxylic acids is 1. The van der Waals surface area contributed by atoms with Gasteiger partial charge in [-0.25, -0.2) is 4.39 Å². The summed E-state index contributed by atoms with van der Waals surface area (Å²) in [5, 5.41) is 3.13. The van der Waals surface area contributed by atoms with E-state index in [0.717, 1.165) is 24.8 Å². The molecule has 4 heteroatoms. The minimum atomic E-state index is -0.361. The summed E-state index contributed by atoms with van der Waals surface area (Å²) in [6.07, 6.45) is 2.96. The Morgan fingerprint density at radius 1 is 1.14 bits per heavy atom. The van der Waals surface area contributed by atoms with Gasteiger partial charge in [0.2, 0.25) is 0 Å². The molecule has 3 rings (SSSR count). The van der Waals surface area contributed by atoms with Gasteiger partial charge >= 0.3 is 0 Å². The van der Waals surface area contributed by atoms with Crippen LogP contribution in [0.3, 0.4) is 0 Å². The summed E-state index contributed by atoms with van der Waals surface area (Å²) in [6, 6.07) is 14.1. The number of halogens is 2. The second-order valence-corrected chi connectivity index (χ2v) is 6.23. The van der Waals surface area contributed by atoms with Crippen molar-refractivity contribution < 1.29 is 9.18 Å². The van der Waals surface area contributed by atoms with Crippen molar-refractivity contribution in [1.82, 2.24) is 5.32 Å². The lowest BCUT2D eigenvalue weighted by atomic mass is 9.71. The second kappa shape index (κ2) is 5.60. The van der Waals surface area contributed by atoms with Gasteiger partial charge in [-0.1, -0.05) is 30.3 Å². The van der Waals surface area contributed by atoms with Crippen molar-refractivity contribution >= 4 is 21.8 Å². The van der Waals surface area contributed by atoms with Crippen LogP contribution in [0.5, 0.6) is 0 Å². The summed E-state index contributed by atoms with van der Waals surface area (Å²) in [7, 11) is 0. The summed E-state index contributed by atoms with van der Waals surface area (Å²) in [6.45, 7) is 0. The number of nitrogens with one attached hydrogen (secondary N) is 1. The van der Waals surface area contributed by atoms with Gasteiger partial charge in [0.1, 0.15) is 5.82 Å². The Morgan fingerprint density at radius 2 is 1.86 bits per heavy atom. The highest BCUT2D eigenvalue weighted by molar-refractivity contribution is 9.10. The number of hydrogen-bond donors (Lipinski definition) is 1. The highest BCUT2D eigenvalue weighted by atomic mass is 79.9. The molecule has 1 aliphatic rings. The Bertz CT molecular complexity index is 668. The molecule has 0 unspecified atom stereocenters. The highest BCUT2D eigenvalue weighted by Crippen LogP contribution is 2.41. The van der Waals surface area contributed by atoms with Crippen molar-refractivity contribution in [2.24, 2.45) is 0 Å². The van der Waals surface area contributed by atoms with Gasteiger partial charge in [0.25, 0.3) is 5.91 Å². The smallest absolute Gasteiger partial charge is 0.253 e. The zero-order chi connectivity index (χ0) is 14.9. The predicted octanol–water partition coefficient (Wildman–Crippen LogP) is 4.40. The van der Waals surface area contributed by atoms with E-state index in [9.17, 15) is 9.18 Å². The molecule has 0 aromatic heterocycles. The first-order chi connectivity index (χ1) is 10.1. The first kappa shape index (κ1) is 14.3. The number of hydrogen-bond acceptors (Lipinski definition) is 1. The predicted molar refractivity (Wildman–Crippen MR) is 83.5 cm³/mol. The summed E-state index contributed by atoms with van der Waals surface area (Å²) in [5.41, 5.74) is 1.30. The van der Waals surface area contributed by atoms with Gasteiger partial charge in [0.15, 0.2) is 0 Å². The number of rotatable bonds is 3. The summed E-state index contributed by atoms with van der Waals surface area (Å²) in [5.74, 6) is -0.537. The van der Waals surface area contributed by atoms with Crippen LogP contribution in [0, 0.1) is 5.82 Å². The molecule has 1 fully saturated rings. The van der Waals surface area contributed by atoms with E-state index in [1.54, 1.807) is 0 Å². The third kappa shape index (κ3) is 2.72. The summed E-state index contributed by atoms with van der Waals surface area (Å²) >= 11 is 3.25. The minimum Gasteiger partial charge on any atom is -0.342 e. The van der Waals surface area contributed by atoms with E-state index in [1.165, 1.54) is 18.2 Å². The molecule has 2 aromatic carbocycles. The molecule has 0 atom stereocenters. The van der Waals surface area contributed by atoms with E-state index < -0.39 is 0 Å². The van der Waals surface area contributed by atoms with Crippen LogP contribution < -0.4 is 5.32 Å². The molecule has 1 amide bonds. The van der Waals surface area contributed by atoms with Gasteiger partial charge in [0, 0.05) is 4.47 Å². The zero-order valence-corrected chi connectivity index (χ0v) is 13.0. The Hall–Kier alpha value is -1.68. The average molecular weight is 348 g/mol. The number of carbonyl (C=O) groups is 1. The van der Waals surface area contributed by atoms with Crippen molar-refractivity contribution in [3.63, 3.8) is 0 Å². The lowest BCUT2D eigenvalue weighted by molar-refractivity contribution is 0.0822. The molecule has 108 valence electrons. The van der Waals surface area contributed by atoms with Crippen LogP contribution in [0.25, 0.3) is 0 Å². The zero-order valence-electron chi connectivity index (χ0n) is 11.4. The molecule has 21 heavy (non-hydrogen) atoms. The maximum absolute atomic E-state index is 13.1. The second-order valence-electron chi connectivity index (χ2n) is 5.38. The van der Waals surface area contributed by atoms with Crippen molar-refractivity contribution in [2.45, 2.75) is 24.8 Å². The molecule has 1 N–H and O–H groups in total. The van der Waals surface area contributed by atoms with Crippen LogP contribution in [0.4, 0.5) is 4.39 Å². The largest absolute Gasteiger partial charge is 0.342 e. The summed E-state index contributed by atoms with van der Waals surface area (Å²) < 4.78 is 13.6. The van der Waals surface area contributed by atoms with E-state index in [0.29, 0.717) is 10.0 Å². The molecule has 2 aromatic rings. The fourth-order valence-corrected chi connectivity index (χ4v) is 3.26. The quantitative estimate of drug-likeness (QED) is 0.875. The summed E-state index contributed by atoms with van der Waals surface area (Å²) in [4.78, 5) is 12.5. The van der Waals surface area contributed by atoms with Gasteiger partial charge in [-0.15, -0.1) is 0 Å². The van der Waals surface area contributed by atoms with Crippen molar-refractivity contribution in [1.29, 1.82) is 0 Å². The molecular weight excluding hydrogens is 333 g/mol. The molecule has 0 radical (unpaired) electrons. The normalized spacial score (nSPS) is 16.1. The van der Waals surface area contributed by atoms with Crippen LogP contribution in [-0.2, 0) is 5.54 Å². The molecule has 0 saturated heterocycles. The SMILES string of the molecule is O=C(NC1(c2ccccc2)CCC1)c1ccc(F)cc1Br. The van der Waals surface area contributed by atoms with Gasteiger partial charge in [-0.05, 0) is 59.0 Å². The lowest BCUT2D eigenvalue weighted by Gasteiger charge is -2.43. The van der Waals surface area contributed by atoms with Crippen LogP contribution in [0.1, 0.15) is 35.2 Å². The third-order valence-corrected chi connectivity index (χ3v) is 4.72. The Labute approximate surface area is 131 Å².